The molecule has 0 aromatic carbocycles. The van der Waals surface area contributed by atoms with Crippen LogP contribution < -0.4 is 0 Å². The van der Waals surface area contributed by atoms with Crippen LogP contribution in [0.4, 0.5) is 0 Å². The summed E-state index contributed by atoms with van der Waals surface area (Å²) in [5, 5.41) is 17.4. The molecule has 1 aliphatic heterocycles. The van der Waals surface area contributed by atoms with Gasteiger partial charge in [-0.15, -0.1) is 10.2 Å². The number of hydrogen-bond acceptors (Lipinski definition) is 4. The first-order chi connectivity index (χ1) is 9.88. The zero-order valence-electron chi connectivity index (χ0n) is 12.2. The number of aliphatic hydroxyl groups is 1. The number of nitrogens with zero attached hydrogens (tertiary/aromatic N) is 4. The van der Waals surface area contributed by atoms with Crippen LogP contribution in [0.25, 0.3) is 0 Å². The maximum atomic E-state index is 8.83. The first-order valence-corrected chi connectivity index (χ1v) is 8.11. The Morgan fingerprint density at radius 2 is 2.10 bits per heavy atom. The maximum Gasteiger partial charge on any atom is 0.137 e. The summed E-state index contributed by atoms with van der Waals surface area (Å²) in [4.78, 5) is 2.57. The van der Waals surface area contributed by atoms with Crippen LogP contribution in [0.15, 0.2) is 6.33 Å². The van der Waals surface area contributed by atoms with Gasteiger partial charge in [0.1, 0.15) is 12.2 Å². The van der Waals surface area contributed by atoms with Crippen molar-refractivity contribution in [3.63, 3.8) is 0 Å². The number of unbranched alkanes of at least 4 members (excludes halogenated alkanes) is 2. The fraction of sp³-hybridized carbons (Fsp3) is 0.867. The minimum Gasteiger partial charge on any atom is -0.396 e. The Hall–Kier alpha value is -0.940. The Morgan fingerprint density at radius 3 is 2.90 bits per heavy atom. The van der Waals surface area contributed by atoms with Crippen molar-refractivity contribution in [3.8, 4) is 0 Å². The van der Waals surface area contributed by atoms with Gasteiger partial charge in [-0.2, -0.15) is 0 Å². The van der Waals surface area contributed by atoms with Crippen molar-refractivity contribution in [2.75, 3.05) is 26.2 Å². The second-order valence-corrected chi connectivity index (χ2v) is 6.25. The first-order valence-electron chi connectivity index (χ1n) is 8.11. The molecular formula is C15H26N4O. The van der Waals surface area contributed by atoms with Gasteiger partial charge in [-0.25, -0.2) is 0 Å². The molecule has 2 fully saturated rings. The van der Waals surface area contributed by atoms with Gasteiger partial charge < -0.3 is 14.6 Å². The van der Waals surface area contributed by atoms with E-state index in [4.69, 9.17) is 5.11 Å². The fourth-order valence-corrected chi connectivity index (χ4v) is 3.27. The Balaban J connectivity index is 1.53. The van der Waals surface area contributed by atoms with Gasteiger partial charge in [0.15, 0.2) is 0 Å². The highest BCUT2D eigenvalue weighted by Crippen LogP contribution is 2.38. The van der Waals surface area contributed by atoms with Crippen molar-refractivity contribution < 1.29 is 5.11 Å². The Labute approximate surface area is 121 Å². The van der Waals surface area contributed by atoms with Crippen molar-refractivity contribution in [1.82, 2.24) is 19.7 Å². The molecule has 1 unspecified atom stereocenters. The van der Waals surface area contributed by atoms with Gasteiger partial charge in [-0.3, -0.25) is 0 Å². The lowest BCUT2D eigenvalue weighted by Crippen LogP contribution is -2.36. The van der Waals surface area contributed by atoms with E-state index in [9.17, 15) is 0 Å². The van der Waals surface area contributed by atoms with Crippen LogP contribution in [-0.4, -0.2) is 51.0 Å². The van der Waals surface area contributed by atoms with E-state index < -0.39 is 0 Å². The number of piperidine rings is 1. The molecule has 5 nitrogen and oxygen atoms in total. The molecule has 1 aromatic rings. The Morgan fingerprint density at radius 1 is 1.20 bits per heavy atom. The molecule has 1 N–H and O–H groups in total. The minimum absolute atomic E-state index is 0.327. The number of rotatable bonds is 7. The van der Waals surface area contributed by atoms with E-state index >= 15 is 0 Å². The summed E-state index contributed by atoms with van der Waals surface area (Å²) in [5.74, 6) is 1.78. The van der Waals surface area contributed by atoms with Crippen molar-refractivity contribution in [2.24, 2.45) is 0 Å². The zero-order chi connectivity index (χ0) is 13.8. The van der Waals surface area contributed by atoms with Crippen molar-refractivity contribution >= 4 is 0 Å². The van der Waals surface area contributed by atoms with Crippen molar-refractivity contribution in [2.45, 2.75) is 56.9 Å². The second-order valence-electron chi connectivity index (χ2n) is 6.25. The van der Waals surface area contributed by atoms with E-state index in [1.165, 1.54) is 44.5 Å². The highest BCUT2D eigenvalue weighted by atomic mass is 16.2. The van der Waals surface area contributed by atoms with Gasteiger partial charge in [0.25, 0.3) is 0 Å². The molecule has 1 saturated carbocycles. The lowest BCUT2D eigenvalue weighted by atomic mass is 9.96. The molecule has 1 atom stereocenters. The lowest BCUT2D eigenvalue weighted by molar-refractivity contribution is 0.195. The number of hydrogen-bond donors (Lipinski definition) is 1. The number of aliphatic hydroxyl groups excluding tert-OH is 1. The van der Waals surface area contributed by atoms with Crippen LogP contribution in [-0.2, 0) is 0 Å². The molecule has 5 heteroatoms. The van der Waals surface area contributed by atoms with Crippen LogP contribution in [0, 0.1) is 0 Å². The lowest BCUT2D eigenvalue weighted by Gasteiger charge is -2.32. The zero-order valence-corrected chi connectivity index (χ0v) is 12.2. The van der Waals surface area contributed by atoms with Crippen LogP contribution in [0.5, 0.6) is 0 Å². The van der Waals surface area contributed by atoms with Crippen LogP contribution >= 0.6 is 0 Å². The van der Waals surface area contributed by atoms with Crippen molar-refractivity contribution in [1.29, 1.82) is 0 Å². The summed E-state index contributed by atoms with van der Waals surface area (Å²) in [6.45, 7) is 3.83. The molecule has 1 aliphatic carbocycles. The molecule has 0 spiro atoms. The molecule has 1 saturated heterocycles. The molecule has 0 radical (unpaired) electrons. The van der Waals surface area contributed by atoms with E-state index in [0.29, 0.717) is 18.6 Å². The van der Waals surface area contributed by atoms with Crippen LogP contribution in [0.1, 0.15) is 62.7 Å². The molecule has 3 rings (SSSR count). The molecule has 0 amide bonds. The smallest absolute Gasteiger partial charge is 0.137 e. The summed E-state index contributed by atoms with van der Waals surface area (Å²) < 4.78 is 2.32. The minimum atomic E-state index is 0.327. The van der Waals surface area contributed by atoms with Gasteiger partial charge >= 0.3 is 0 Å². The summed E-state index contributed by atoms with van der Waals surface area (Å²) in [6, 6.07) is 0.680. The summed E-state index contributed by atoms with van der Waals surface area (Å²) in [6.07, 6.45) is 10.3. The largest absolute Gasteiger partial charge is 0.396 e. The third kappa shape index (κ3) is 3.38. The van der Waals surface area contributed by atoms with Gasteiger partial charge in [0.2, 0.25) is 0 Å². The van der Waals surface area contributed by atoms with E-state index in [-0.39, 0.29) is 0 Å². The summed E-state index contributed by atoms with van der Waals surface area (Å²) >= 11 is 0. The number of aromatic nitrogens is 3. The van der Waals surface area contributed by atoms with Gasteiger partial charge in [-0.05, 0) is 58.0 Å². The van der Waals surface area contributed by atoms with Crippen LogP contribution in [0.2, 0.25) is 0 Å². The average Bonchev–Trinajstić information content (AvgIpc) is 3.21. The summed E-state index contributed by atoms with van der Waals surface area (Å²) in [7, 11) is 0. The van der Waals surface area contributed by atoms with E-state index in [1.807, 2.05) is 6.33 Å². The van der Waals surface area contributed by atoms with E-state index in [0.717, 1.165) is 25.9 Å². The predicted octanol–water partition coefficient (Wildman–Crippen LogP) is 1.95. The molecular weight excluding hydrogens is 252 g/mol. The van der Waals surface area contributed by atoms with E-state index in [2.05, 4.69) is 19.7 Å². The maximum absolute atomic E-state index is 8.83. The predicted molar refractivity (Wildman–Crippen MR) is 77.6 cm³/mol. The normalized spacial score (nSPS) is 24.1. The SMILES string of the molecule is OCCCCCN1CCCC(c2nncn2C2CC2)C1. The standard InChI is InChI=1S/C15H26N4O/c20-10-3-1-2-8-18-9-4-5-13(11-18)15-17-16-12-19(15)14-6-7-14/h12-14,20H,1-11H2. The van der Waals surface area contributed by atoms with Gasteiger partial charge in [-0.1, -0.05) is 0 Å². The monoisotopic (exact) mass is 278 g/mol. The quantitative estimate of drug-likeness (QED) is 0.775. The first kappa shape index (κ1) is 14.0. The van der Waals surface area contributed by atoms with Crippen molar-refractivity contribution in [3.05, 3.63) is 12.2 Å². The van der Waals surface area contributed by atoms with Gasteiger partial charge in [0, 0.05) is 25.1 Å². The molecule has 2 aliphatic rings. The Kier molecular flexibility index (Phi) is 4.68. The fourth-order valence-electron chi connectivity index (χ4n) is 3.27. The second kappa shape index (κ2) is 6.68. The molecule has 0 bridgehead atoms. The third-order valence-corrected chi connectivity index (χ3v) is 4.54. The van der Waals surface area contributed by atoms with E-state index in [1.54, 1.807) is 0 Å². The summed E-state index contributed by atoms with van der Waals surface area (Å²) in [5.41, 5.74) is 0. The number of likely N-dealkylation sites (tertiary alicyclic amines) is 1. The highest BCUT2D eigenvalue weighted by molar-refractivity contribution is 5.03. The topological polar surface area (TPSA) is 54.2 Å². The Bertz CT molecular complexity index is 416. The molecule has 1 aromatic heterocycles. The molecule has 2 heterocycles. The molecule has 20 heavy (non-hydrogen) atoms. The highest BCUT2D eigenvalue weighted by Gasteiger charge is 2.31. The molecule has 112 valence electrons. The average molecular weight is 278 g/mol. The van der Waals surface area contributed by atoms with Crippen LogP contribution in [0.3, 0.4) is 0 Å². The third-order valence-electron chi connectivity index (χ3n) is 4.54. The van der Waals surface area contributed by atoms with Gasteiger partial charge in [0.05, 0.1) is 0 Å².